The number of nitrogens with zero attached hydrogens (tertiary/aromatic N) is 1. The Morgan fingerprint density at radius 3 is 2.56 bits per heavy atom. The molecule has 8 bridgehead atoms. The van der Waals surface area contributed by atoms with Crippen molar-refractivity contribution in [1.82, 2.24) is 15.2 Å². The summed E-state index contributed by atoms with van der Waals surface area (Å²) in [4.78, 5) is 43.0. The van der Waals surface area contributed by atoms with Crippen LogP contribution in [0.1, 0.15) is 51.5 Å². The molecule has 8 rings (SSSR count). The highest BCUT2D eigenvalue weighted by atomic mass is 16.5. The molecule has 1 unspecified atom stereocenters. The summed E-state index contributed by atoms with van der Waals surface area (Å²) < 4.78 is 12.2. The molecule has 41 heavy (non-hydrogen) atoms. The fraction of sp³-hybridized carbons (Fsp3) is 0.242. The van der Waals surface area contributed by atoms with Crippen LogP contribution in [-0.4, -0.2) is 41.4 Å². The van der Waals surface area contributed by atoms with Gasteiger partial charge in [-0.3, -0.25) is 14.4 Å². The Labute approximate surface area is 237 Å². The smallest absolute Gasteiger partial charge is 0.260 e. The van der Waals surface area contributed by atoms with Crippen LogP contribution in [0.25, 0.3) is 0 Å². The number of aromatic amines is 1. The highest BCUT2D eigenvalue weighted by Crippen LogP contribution is 2.39. The molecule has 1 aromatic heterocycles. The minimum absolute atomic E-state index is 0.00819. The molecular weight excluding hydrogens is 518 g/mol. The van der Waals surface area contributed by atoms with E-state index >= 15 is 0 Å². The van der Waals surface area contributed by atoms with E-state index in [4.69, 9.17) is 9.47 Å². The van der Waals surface area contributed by atoms with Gasteiger partial charge >= 0.3 is 0 Å². The molecule has 0 saturated heterocycles. The molecular formula is C33H31N3O5. The third-order valence-corrected chi connectivity index (χ3v) is 7.54. The van der Waals surface area contributed by atoms with Gasteiger partial charge < -0.3 is 24.7 Å². The monoisotopic (exact) mass is 549 g/mol. The van der Waals surface area contributed by atoms with Crippen molar-refractivity contribution in [1.29, 1.82) is 0 Å². The number of hydrogen-bond donors (Lipinski definition) is 2. The molecule has 2 N–H and O–H groups in total. The number of fused-ring (bicyclic) bond motifs is 1. The minimum Gasteiger partial charge on any atom is -0.494 e. The van der Waals surface area contributed by atoms with Crippen LogP contribution in [0.2, 0.25) is 0 Å². The van der Waals surface area contributed by atoms with Crippen molar-refractivity contribution in [2.24, 2.45) is 0 Å². The fourth-order valence-corrected chi connectivity index (χ4v) is 5.46. The largest absolute Gasteiger partial charge is 0.494 e. The molecule has 4 aliphatic heterocycles. The molecule has 2 amide bonds. The standard InChI is InChI=1S/C33H31N3O5/c37-30-14-9-22-7-10-25(11-8-22)41-27-12-13-28-23(20-27)15-18-36(33(39)29-6-2-16-35-32(29)38)31(28)24-4-1-5-26(21-24)40-19-3-17-34-30/h1-2,4-8,10-13,16,20-21,31H,3,9,14-15,17-19H2,(H,34,37)(H,35,38). The van der Waals surface area contributed by atoms with E-state index in [9.17, 15) is 14.4 Å². The Morgan fingerprint density at radius 1 is 0.854 bits per heavy atom. The number of aryl methyl sites for hydroxylation is 1. The molecule has 0 fully saturated rings. The van der Waals surface area contributed by atoms with Gasteiger partial charge in [-0.1, -0.05) is 30.3 Å². The molecule has 0 spiro atoms. The first-order valence-electron chi connectivity index (χ1n) is 13.9. The van der Waals surface area contributed by atoms with Crippen LogP contribution >= 0.6 is 0 Å². The predicted molar refractivity (Wildman–Crippen MR) is 154 cm³/mol. The first-order chi connectivity index (χ1) is 20.0. The average molecular weight is 550 g/mol. The Balaban J connectivity index is 1.39. The van der Waals surface area contributed by atoms with Gasteiger partial charge in [-0.15, -0.1) is 0 Å². The van der Waals surface area contributed by atoms with Crippen molar-refractivity contribution in [2.45, 2.75) is 31.7 Å². The van der Waals surface area contributed by atoms with Gasteiger partial charge in [-0.05, 0) is 90.0 Å². The zero-order valence-corrected chi connectivity index (χ0v) is 22.6. The van der Waals surface area contributed by atoms with Crippen LogP contribution in [0.5, 0.6) is 17.2 Å². The van der Waals surface area contributed by atoms with Gasteiger partial charge in [0.1, 0.15) is 22.8 Å². The van der Waals surface area contributed by atoms with E-state index in [0.717, 1.165) is 22.3 Å². The lowest BCUT2D eigenvalue weighted by Crippen LogP contribution is -2.42. The summed E-state index contributed by atoms with van der Waals surface area (Å²) in [6, 6.07) is 24.3. The minimum atomic E-state index is -0.420. The second-order valence-corrected chi connectivity index (χ2v) is 10.3. The van der Waals surface area contributed by atoms with Gasteiger partial charge in [0.25, 0.3) is 11.5 Å². The second-order valence-electron chi connectivity index (χ2n) is 10.3. The first kappa shape index (κ1) is 26.4. The number of hydrogen-bond acceptors (Lipinski definition) is 5. The van der Waals surface area contributed by atoms with Crippen molar-refractivity contribution >= 4 is 11.8 Å². The Morgan fingerprint density at radius 2 is 1.71 bits per heavy atom. The summed E-state index contributed by atoms with van der Waals surface area (Å²) in [7, 11) is 0. The lowest BCUT2D eigenvalue weighted by molar-refractivity contribution is -0.121. The molecule has 0 radical (unpaired) electrons. The molecule has 8 heteroatoms. The van der Waals surface area contributed by atoms with E-state index in [1.54, 1.807) is 17.0 Å². The predicted octanol–water partition coefficient (Wildman–Crippen LogP) is 4.79. The third-order valence-electron chi connectivity index (χ3n) is 7.54. The van der Waals surface area contributed by atoms with Crippen LogP contribution in [0.3, 0.4) is 0 Å². The van der Waals surface area contributed by atoms with Crippen LogP contribution in [0.4, 0.5) is 0 Å². The van der Waals surface area contributed by atoms with Crippen molar-refractivity contribution in [2.75, 3.05) is 19.7 Å². The Kier molecular flexibility index (Phi) is 7.54. The summed E-state index contributed by atoms with van der Waals surface area (Å²) in [5.41, 5.74) is 3.70. The number of benzene rings is 3. The highest BCUT2D eigenvalue weighted by Gasteiger charge is 2.34. The SMILES string of the molecule is O=C1CCc2ccc(cc2)Oc2ccc3c(c2)CCN(C(=O)c2ccc[nH]c2=O)C3c2cccc(c2)OCCCN1. The number of carbonyl (C=O) groups is 2. The van der Waals surface area contributed by atoms with Gasteiger partial charge in [-0.25, -0.2) is 0 Å². The normalized spacial score (nSPS) is 17.1. The van der Waals surface area contributed by atoms with Crippen LogP contribution in [-0.2, 0) is 17.6 Å². The third kappa shape index (κ3) is 5.87. The van der Waals surface area contributed by atoms with Crippen LogP contribution in [0, 0.1) is 0 Å². The quantitative estimate of drug-likeness (QED) is 0.356. The van der Waals surface area contributed by atoms with Gasteiger partial charge in [0.05, 0.1) is 12.6 Å². The summed E-state index contributed by atoms with van der Waals surface area (Å²) in [6.07, 6.45) is 3.88. The Hall–Kier alpha value is -4.85. The molecule has 0 aliphatic carbocycles. The maximum Gasteiger partial charge on any atom is 0.260 e. The van der Waals surface area contributed by atoms with Gasteiger partial charge in [0.2, 0.25) is 5.91 Å². The maximum atomic E-state index is 13.8. The highest BCUT2D eigenvalue weighted by molar-refractivity contribution is 5.94. The number of H-pyrrole nitrogens is 1. The first-order valence-corrected chi connectivity index (χ1v) is 13.9. The summed E-state index contributed by atoms with van der Waals surface area (Å²) in [6.45, 7) is 1.40. The van der Waals surface area contributed by atoms with Crippen LogP contribution in [0.15, 0.2) is 89.9 Å². The number of amides is 2. The van der Waals surface area contributed by atoms with E-state index in [-0.39, 0.29) is 17.4 Å². The number of carbonyl (C=O) groups excluding carboxylic acids is 2. The molecule has 4 aromatic rings. The maximum absolute atomic E-state index is 13.8. The van der Waals surface area contributed by atoms with Gasteiger partial charge in [-0.2, -0.15) is 0 Å². The van der Waals surface area contributed by atoms with E-state index in [0.29, 0.717) is 62.6 Å². The zero-order valence-electron chi connectivity index (χ0n) is 22.6. The molecule has 5 heterocycles. The number of rotatable bonds is 1. The van der Waals surface area contributed by atoms with Crippen molar-refractivity contribution < 1.29 is 19.1 Å². The van der Waals surface area contributed by atoms with E-state index in [1.165, 1.54) is 6.20 Å². The van der Waals surface area contributed by atoms with E-state index in [2.05, 4.69) is 10.3 Å². The molecule has 4 aliphatic rings. The Bertz CT molecular complexity index is 1630. The summed E-state index contributed by atoms with van der Waals surface area (Å²) in [5, 5.41) is 2.96. The number of ether oxygens (including phenoxy) is 2. The molecule has 3 aromatic carbocycles. The van der Waals surface area contributed by atoms with Crippen molar-refractivity contribution in [3.05, 3.63) is 123 Å². The molecule has 1 atom stereocenters. The fourth-order valence-electron chi connectivity index (χ4n) is 5.46. The molecule has 0 saturated carbocycles. The second kappa shape index (κ2) is 11.7. The zero-order chi connectivity index (χ0) is 28.2. The van der Waals surface area contributed by atoms with Crippen LogP contribution < -0.4 is 20.3 Å². The number of aromatic nitrogens is 1. The number of pyridine rings is 1. The summed E-state index contributed by atoms with van der Waals surface area (Å²) in [5.74, 6) is 1.78. The van der Waals surface area contributed by atoms with E-state index < -0.39 is 11.6 Å². The van der Waals surface area contributed by atoms with Crippen molar-refractivity contribution in [3.63, 3.8) is 0 Å². The summed E-state index contributed by atoms with van der Waals surface area (Å²) >= 11 is 0. The topological polar surface area (TPSA) is 101 Å². The van der Waals surface area contributed by atoms with Crippen molar-refractivity contribution in [3.8, 4) is 17.2 Å². The molecule has 208 valence electrons. The average Bonchev–Trinajstić information content (AvgIpc) is 2.99. The lowest BCUT2D eigenvalue weighted by Gasteiger charge is -2.38. The molecule has 8 nitrogen and oxygen atoms in total. The van der Waals surface area contributed by atoms with Gasteiger partial charge in [0, 0.05) is 25.7 Å². The van der Waals surface area contributed by atoms with E-state index in [1.807, 2.05) is 66.7 Å². The number of nitrogens with one attached hydrogen (secondary N) is 2. The van der Waals surface area contributed by atoms with Gasteiger partial charge in [0.15, 0.2) is 0 Å². The lowest BCUT2D eigenvalue weighted by atomic mass is 9.87.